The molecular weight excluding hydrogens is 256 g/mol. The van der Waals surface area contributed by atoms with E-state index in [2.05, 4.69) is 5.32 Å². The largest absolute Gasteiger partial charge is 0.497 e. The Hall–Kier alpha value is -1.59. The molecule has 3 unspecified atom stereocenters. The minimum atomic E-state index is -0.779. The molecular formula is C15H24N2O3. The molecule has 0 saturated heterocycles. The summed E-state index contributed by atoms with van der Waals surface area (Å²) in [4.78, 5) is 11.8. The molecule has 0 spiro atoms. The van der Waals surface area contributed by atoms with Crippen LogP contribution in [0.25, 0.3) is 0 Å². The summed E-state index contributed by atoms with van der Waals surface area (Å²) in [6.07, 6.45) is 0.0608. The highest BCUT2D eigenvalue weighted by Crippen LogP contribution is 2.18. The van der Waals surface area contributed by atoms with Gasteiger partial charge in [0, 0.05) is 6.54 Å². The number of ether oxygens (including phenoxy) is 1. The number of amides is 1. The van der Waals surface area contributed by atoms with E-state index in [-0.39, 0.29) is 18.4 Å². The Morgan fingerprint density at radius 3 is 2.80 bits per heavy atom. The SMILES string of the molecule is CCC(C)C(N)C(=O)NCC(O)c1cccc(OC)c1. The molecule has 1 aromatic carbocycles. The van der Waals surface area contributed by atoms with Crippen LogP contribution in [0.3, 0.4) is 0 Å². The Morgan fingerprint density at radius 1 is 1.50 bits per heavy atom. The molecule has 20 heavy (non-hydrogen) atoms. The van der Waals surface area contributed by atoms with Gasteiger partial charge in [-0.1, -0.05) is 32.4 Å². The van der Waals surface area contributed by atoms with Crippen LogP contribution in [-0.4, -0.2) is 30.7 Å². The maximum absolute atomic E-state index is 11.8. The first kappa shape index (κ1) is 16.5. The highest BCUT2D eigenvalue weighted by atomic mass is 16.5. The molecule has 5 heteroatoms. The van der Waals surface area contributed by atoms with E-state index in [0.717, 1.165) is 6.42 Å². The molecule has 1 aromatic rings. The average molecular weight is 280 g/mol. The number of carbonyl (C=O) groups excluding carboxylic acids is 1. The summed E-state index contributed by atoms with van der Waals surface area (Å²) in [6, 6.07) is 6.58. The van der Waals surface area contributed by atoms with Crippen molar-refractivity contribution in [2.75, 3.05) is 13.7 Å². The van der Waals surface area contributed by atoms with Gasteiger partial charge >= 0.3 is 0 Å². The number of methoxy groups -OCH3 is 1. The number of carbonyl (C=O) groups is 1. The zero-order valence-electron chi connectivity index (χ0n) is 12.3. The molecule has 0 saturated carbocycles. The van der Waals surface area contributed by atoms with E-state index in [0.29, 0.717) is 11.3 Å². The fourth-order valence-corrected chi connectivity index (χ4v) is 1.79. The summed E-state index contributed by atoms with van der Waals surface area (Å²) < 4.78 is 5.10. The Bertz CT molecular complexity index is 437. The number of nitrogens with one attached hydrogen (secondary N) is 1. The molecule has 5 nitrogen and oxygen atoms in total. The normalized spacial score (nSPS) is 15.2. The topological polar surface area (TPSA) is 84.6 Å². The van der Waals surface area contributed by atoms with E-state index in [1.807, 2.05) is 13.8 Å². The lowest BCUT2D eigenvalue weighted by atomic mass is 9.99. The minimum Gasteiger partial charge on any atom is -0.497 e. The average Bonchev–Trinajstić information content (AvgIpc) is 2.50. The van der Waals surface area contributed by atoms with E-state index in [1.165, 1.54) is 0 Å². The van der Waals surface area contributed by atoms with E-state index < -0.39 is 12.1 Å². The van der Waals surface area contributed by atoms with Gasteiger partial charge in [-0.2, -0.15) is 0 Å². The number of hydrogen-bond donors (Lipinski definition) is 3. The van der Waals surface area contributed by atoms with Crippen LogP contribution in [0.4, 0.5) is 0 Å². The molecule has 112 valence electrons. The van der Waals surface area contributed by atoms with Crippen LogP contribution in [0, 0.1) is 5.92 Å². The molecule has 0 aliphatic heterocycles. The molecule has 1 amide bonds. The lowest BCUT2D eigenvalue weighted by molar-refractivity contribution is -0.123. The fourth-order valence-electron chi connectivity index (χ4n) is 1.79. The van der Waals surface area contributed by atoms with Gasteiger partial charge in [-0.25, -0.2) is 0 Å². The minimum absolute atomic E-state index is 0.115. The summed E-state index contributed by atoms with van der Waals surface area (Å²) in [5.41, 5.74) is 6.52. The highest BCUT2D eigenvalue weighted by molar-refractivity contribution is 5.81. The first-order valence-electron chi connectivity index (χ1n) is 6.84. The molecule has 0 bridgehead atoms. The molecule has 0 fully saturated rings. The van der Waals surface area contributed by atoms with Gasteiger partial charge in [0.2, 0.25) is 5.91 Å². The first-order valence-corrected chi connectivity index (χ1v) is 6.84. The van der Waals surface area contributed by atoms with Crippen LogP contribution in [0.5, 0.6) is 5.75 Å². The third kappa shape index (κ3) is 4.51. The van der Waals surface area contributed by atoms with E-state index in [1.54, 1.807) is 31.4 Å². The van der Waals surface area contributed by atoms with Crippen LogP contribution >= 0.6 is 0 Å². The lowest BCUT2D eigenvalue weighted by Gasteiger charge is -2.19. The van der Waals surface area contributed by atoms with Crippen LogP contribution in [0.15, 0.2) is 24.3 Å². The standard InChI is InChI=1S/C15H24N2O3/c1-4-10(2)14(16)15(19)17-9-13(18)11-6-5-7-12(8-11)20-3/h5-8,10,13-14,18H,4,9,16H2,1-3H3,(H,17,19). The third-order valence-electron chi connectivity index (χ3n) is 3.51. The van der Waals surface area contributed by atoms with Crippen LogP contribution < -0.4 is 15.8 Å². The second-order valence-electron chi connectivity index (χ2n) is 4.95. The van der Waals surface area contributed by atoms with Crippen molar-refractivity contribution in [2.45, 2.75) is 32.4 Å². The quantitative estimate of drug-likeness (QED) is 0.701. The van der Waals surface area contributed by atoms with Crippen LogP contribution in [-0.2, 0) is 4.79 Å². The molecule has 0 aliphatic carbocycles. The molecule has 0 aliphatic rings. The number of benzene rings is 1. The van der Waals surface area contributed by atoms with Gasteiger partial charge < -0.3 is 20.9 Å². The van der Waals surface area contributed by atoms with Crippen molar-refractivity contribution in [3.63, 3.8) is 0 Å². The first-order chi connectivity index (χ1) is 9.49. The van der Waals surface area contributed by atoms with Crippen molar-refractivity contribution < 1.29 is 14.6 Å². The highest BCUT2D eigenvalue weighted by Gasteiger charge is 2.20. The Kier molecular flexibility index (Phi) is 6.48. The van der Waals surface area contributed by atoms with Gasteiger partial charge in [0.15, 0.2) is 0 Å². The molecule has 0 aromatic heterocycles. The summed E-state index contributed by atoms with van der Waals surface area (Å²) in [6.45, 7) is 4.06. The summed E-state index contributed by atoms with van der Waals surface area (Å²) in [5, 5.41) is 12.7. The summed E-state index contributed by atoms with van der Waals surface area (Å²) in [5.74, 6) is 0.550. The molecule has 4 N–H and O–H groups in total. The smallest absolute Gasteiger partial charge is 0.237 e. The van der Waals surface area contributed by atoms with E-state index in [9.17, 15) is 9.90 Å². The fraction of sp³-hybridized carbons (Fsp3) is 0.533. The zero-order valence-corrected chi connectivity index (χ0v) is 12.3. The van der Waals surface area contributed by atoms with Gasteiger partial charge in [0.1, 0.15) is 5.75 Å². The van der Waals surface area contributed by atoms with E-state index in [4.69, 9.17) is 10.5 Å². The van der Waals surface area contributed by atoms with Crippen molar-refractivity contribution in [3.05, 3.63) is 29.8 Å². The maximum atomic E-state index is 11.8. The maximum Gasteiger partial charge on any atom is 0.237 e. The zero-order chi connectivity index (χ0) is 15.1. The Labute approximate surface area is 120 Å². The second-order valence-corrected chi connectivity index (χ2v) is 4.95. The number of aliphatic hydroxyl groups excluding tert-OH is 1. The van der Waals surface area contributed by atoms with Gasteiger partial charge in [-0.15, -0.1) is 0 Å². The van der Waals surface area contributed by atoms with Crippen molar-refractivity contribution in [2.24, 2.45) is 11.7 Å². The number of aliphatic hydroxyl groups is 1. The van der Waals surface area contributed by atoms with Crippen molar-refractivity contribution in [1.82, 2.24) is 5.32 Å². The predicted molar refractivity (Wildman–Crippen MR) is 78.4 cm³/mol. The van der Waals surface area contributed by atoms with Crippen LogP contribution in [0.2, 0.25) is 0 Å². The predicted octanol–water partition coefficient (Wildman–Crippen LogP) is 1.22. The van der Waals surface area contributed by atoms with Gasteiger partial charge in [0.05, 0.1) is 19.3 Å². The molecule has 3 atom stereocenters. The number of nitrogens with two attached hydrogens (primary N) is 1. The number of hydrogen-bond acceptors (Lipinski definition) is 4. The number of rotatable bonds is 7. The van der Waals surface area contributed by atoms with Crippen LogP contribution in [0.1, 0.15) is 31.9 Å². The van der Waals surface area contributed by atoms with Crippen molar-refractivity contribution >= 4 is 5.91 Å². The Morgan fingerprint density at radius 2 is 2.20 bits per heavy atom. The van der Waals surface area contributed by atoms with Gasteiger partial charge in [0.25, 0.3) is 0 Å². The Balaban J connectivity index is 2.54. The summed E-state index contributed by atoms with van der Waals surface area (Å²) in [7, 11) is 1.57. The molecule has 0 heterocycles. The van der Waals surface area contributed by atoms with Crippen molar-refractivity contribution in [1.29, 1.82) is 0 Å². The molecule has 1 rings (SSSR count). The lowest BCUT2D eigenvalue weighted by Crippen LogP contribution is -2.45. The molecule has 0 radical (unpaired) electrons. The summed E-state index contributed by atoms with van der Waals surface area (Å²) >= 11 is 0. The van der Waals surface area contributed by atoms with Crippen molar-refractivity contribution in [3.8, 4) is 5.75 Å². The van der Waals surface area contributed by atoms with Gasteiger partial charge in [-0.3, -0.25) is 4.79 Å². The van der Waals surface area contributed by atoms with Gasteiger partial charge in [-0.05, 0) is 23.6 Å². The third-order valence-corrected chi connectivity index (χ3v) is 3.51. The monoisotopic (exact) mass is 280 g/mol. The second kappa shape index (κ2) is 7.87. The van der Waals surface area contributed by atoms with E-state index >= 15 is 0 Å².